The van der Waals surface area contributed by atoms with Crippen LogP contribution in [-0.4, -0.2) is 50.0 Å². The number of hydrogen-bond donors (Lipinski definition) is 1. The van der Waals surface area contributed by atoms with Crippen LogP contribution < -0.4 is 9.62 Å². The number of rotatable bonds is 13. The van der Waals surface area contributed by atoms with Crippen molar-refractivity contribution >= 4 is 27.5 Å². The van der Waals surface area contributed by atoms with Crippen LogP contribution in [0.2, 0.25) is 0 Å². The zero-order valence-electron chi connectivity index (χ0n) is 23.5. The van der Waals surface area contributed by atoms with Gasteiger partial charge in [0.15, 0.2) is 0 Å². The lowest BCUT2D eigenvalue weighted by atomic mass is 10.0. The molecule has 7 nitrogen and oxygen atoms in total. The van der Waals surface area contributed by atoms with E-state index in [-0.39, 0.29) is 24.9 Å². The molecule has 0 aliphatic heterocycles. The summed E-state index contributed by atoms with van der Waals surface area (Å²) >= 11 is 0. The Kier molecular flexibility index (Phi) is 10.8. The number of amides is 2. The van der Waals surface area contributed by atoms with Crippen LogP contribution in [0.25, 0.3) is 0 Å². The molecule has 2 atom stereocenters. The second kappa shape index (κ2) is 14.1. The number of aryl methyl sites for hydroxylation is 1. The standard InChI is InChI=1S/C31H38FN3O4S/c1-5-23(3)33-31(37)29(20-25-10-8-7-9-11-25)34(21-26-12-16-27(32)17-13-26)30(36)22-35(40(4,38)39)28-18-14-24(6-2)15-19-28/h7-19,23,29H,5-6,20-22H2,1-4H3,(H,33,37)/t23-,29-/m1/s1. The molecule has 0 aliphatic rings. The minimum Gasteiger partial charge on any atom is -0.352 e. The molecule has 1 N–H and O–H groups in total. The first-order valence-electron chi connectivity index (χ1n) is 13.5. The van der Waals surface area contributed by atoms with Crippen molar-refractivity contribution in [2.24, 2.45) is 0 Å². The van der Waals surface area contributed by atoms with E-state index < -0.39 is 34.3 Å². The Morgan fingerprint density at radius 2 is 1.48 bits per heavy atom. The molecule has 214 valence electrons. The van der Waals surface area contributed by atoms with Crippen molar-refractivity contribution in [2.45, 2.75) is 58.7 Å². The smallest absolute Gasteiger partial charge is 0.244 e. The molecule has 3 rings (SSSR count). The van der Waals surface area contributed by atoms with E-state index in [0.29, 0.717) is 17.7 Å². The summed E-state index contributed by atoms with van der Waals surface area (Å²) in [6.07, 6.45) is 2.76. The highest BCUT2D eigenvalue weighted by Crippen LogP contribution is 2.21. The Hall–Kier alpha value is -3.72. The number of anilines is 1. The molecule has 9 heteroatoms. The van der Waals surface area contributed by atoms with Crippen molar-refractivity contribution in [2.75, 3.05) is 17.1 Å². The molecule has 0 aromatic heterocycles. The molecule has 0 spiro atoms. The lowest BCUT2D eigenvalue weighted by Gasteiger charge is -2.34. The number of nitrogens with zero attached hydrogens (tertiary/aromatic N) is 2. The molecule has 0 bridgehead atoms. The summed E-state index contributed by atoms with van der Waals surface area (Å²) < 4.78 is 40.4. The minimum atomic E-state index is -3.84. The lowest BCUT2D eigenvalue weighted by molar-refractivity contribution is -0.140. The Labute approximate surface area is 237 Å². The topological polar surface area (TPSA) is 86.8 Å². The molecule has 40 heavy (non-hydrogen) atoms. The van der Waals surface area contributed by atoms with Gasteiger partial charge in [-0.05, 0) is 60.7 Å². The van der Waals surface area contributed by atoms with Crippen LogP contribution in [0.4, 0.5) is 10.1 Å². The fourth-order valence-corrected chi connectivity index (χ4v) is 5.14. The summed E-state index contributed by atoms with van der Waals surface area (Å²) in [5.74, 6) is -1.31. The third kappa shape index (κ3) is 8.64. The zero-order chi connectivity index (χ0) is 29.3. The van der Waals surface area contributed by atoms with Gasteiger partial charge in [0.25, 0.3) is 0 Å². The summed E-state index contributed by atoms with van der Waals surface area (Å²) in [5.41, 5.74) is 2.85. The second-order valence-electron chi connectivity index (χ2n) is 9.96. The van der Waals surface area contributed by atoms with E-state index in [1.807, 2.05) is 63.2 Å². The Morgan fingerprint density at radius 3 is 2.02 bits per heavy atom. The number of carbonyl (C=O) groups is 2. The average Bonchev–Trinajstić information content (AvgIpc) is 2.94. The average molecular weight is 568 g/mol. The maximum atomic E-state index is 14.0. The number of carbonyl (C=O) groups excluding carboxylic acids is 2. The maximum absolute atomic E-state index is 14.0. The molecule has 0 saturated carbocycles. The summed E-state index contributed by atoms with van der Waals surface area (Å²) in [7, 11) is -3.84. The van der Waals surface area contributed by atoms with Crippen LogP contribution >= 0.6 is 0 Å². The first-order valence-corrected chi connectivity index (χ1v) is 15.3. The molecule has 0 heterocycles. The molecule has 0 fully saturated rings. The van der Waals surface area contributed by atoms with Crippen LogP contribution in [0.15, 0.2) is 78.9 Å². The van der Waals surface area contributed by atoms with E-state index in [0.717, 1.165) is 28.1 Å². The highest BCUT2D eigenvalue weighted by Gasteiger charge is 2.33. The van der Waals surface area contributed by atoms with Gasteiger partial charge in [-0.3, -0.25) is 13.9 Å². The van der Waals surface area contributed by atoms with Gasteiger partial charge in [-0.25, -0.2) is 12.8 Å². The Balaban J connectivity index is 2.04. The van der Waals surface area contributed by atoms with Gasteiger partial charge in [-0.15, -0.1) is 0 Å². The van der Waals surface area contributed by atoms with E-state index in [4.69, 9.17) is 0 Å². The van der Waals surface area contributed by atoms with Gasteiger partial charge in [0, 0.05) is 19.0 Å². The number of hydrogen-bond acceptors (Lipinski definition) is 4. The van der Waals surface area contributed by atoms with Gasteiger partial charge in [-0.1, -0.05) is 68.4 Å². The Morgan fingerprint density at radius 1 is 0.875 bits per heavy atom. The van der Waals surface area contributed by atoms with Gasteiger partial charge in [0.05, 0.1) is 11.9 Å². The monoisotopic (exact) mass is 567 g/mol. The normalized spacial score (nSPS) is 12.8. The van der Waals surface area contributed by atoms with Crippen LogP contribution in [0.3, 0.4) is 0 Å². The van der Waals surface area contributed by atoms with E-state index in [1.54, 1.807) is 24.3 Å². The van der Waals surface area contributed by atoms with Crippen molar-refractivity contribution in [3.63, 3.8) is 0 Å². The van der Waals surface area contributed by atoms with Crippen LogP contribution in [0.5, 0.6) is 0 Å². The number of sulfonamides is 1. The molecule has 2 amide bonds. The predicted molar refractivity (Wildman–Crippen MR) is 157 cm³/mol. The molecular formula is C31H38FN3O4S. The molecule has 3 aromatic rings. The lowest BCUT2D eigenvalue weighted by Crippen LogP contribution is -2.54. The predicted octanol–water partition coefficient (Wildman–Crippen LogP) is 4.71. The van der Waals surface area contributed by atoms with Crippen molar-refractivity contribution in [3.8, 4) is 0 Å². The number of nitrogens with one attached hydrogen (secondary N) is 1. The van der Waals surface area contributed by atoms with E-state index in [2.05, 4.69) is 5.32 Å². The highest BCUT2D eigenvalue weighted by atomic mass is 32.2. The summed E-state index contributed by atoms with van der Waals surface area (Å²) in [5, 5.41) is 2.98. The van der Waals surface area contributed by atoms with E-state index in [9.17, 15) is 22.4 Å². The molecule has 3 aromatic carbocycles. The van der Waals surface area contributed by atoms with E-state index >= 15 is 0 Å². The quantitative estimate of drug-likeness (QED) is 0.324. The molecule has 0 unspecified atom stereocenters. The van der Waals surface area contributed by atoms with Crippen molar-refractivity contribution < 1.29 is 22.4 Å². The van der Waals surface area contributed by atoms with Gasteiger partial charge in [0.2, 0.25) is 21.8 Å². The van der Waals surface area contributed by atoms with Crippen LogP contribution in [-0.2, 0) is 39.0 Å². The molecular weight excluding hydrogens is 529 g/mol. The largest absolute Gasteiger partial charge is 0.352 e. The third-order valence-corrected chi connectivity index (χ3v) is 7.99. The molecule has 0 aliphatic carbocycles. The van der Waals surface area contributed by atoms with Gasteiger partial charge < -0.3 is 10.2 Å². The van der Waals surface area contributed by atoms with Crippen LogP contribution in [0.1, 0.15) is 43.9 Å². The zero-order valence-corrected chi connectivity index (χ0v) is 24.3. The third-order valence-electron chi connectivity index (χ3n) is 6.85. The summed E-state index contributed by atoms with van der Waals surface area (Å²) in [4.78, 5) is 29.1. The van der Waals surface area contributed by atoms with Gasteiger partial charge in [0.1, 0.15) is 18.4 Å². The second-order valence-corrected chi connectivity index (χ2v) is 11.9. The van der Waals surface area contributed by atoms with Crippen LogP contribution in [0, 0.1) is 5.82 Å². The van der Waals surface area contributed by atoms with Crippen molar-refractivity contribution in [3.05, 3.63) is 101 Å². The van der Waals surface area contributed by atoms with Crippen molar-refractivity contribution in [1.82, 2.24) is 10.2 Å². The summed E-state index contributed by atoms with van der Waals surface area (Å²) in [6, 6.07) is 21.0. The van der Waals surface area contributed by atoms with E-state index in [1.165, 1.54) is 17.0 Å². The van der Waals surface area contributed by atoms with Crippen molar-refractivity contribution in [1.29, 1.82) is 0 Å². The Bertz CT molecular complexity index is 1360. The maximum Gasteiger partial charge on any atom is 0.244 e. The number of benzene rings is 3. The highest BCUT2D eigenvalue weighted by molar-refractivity contribution is 7.92. The minimum absolute atomic E-state index is 0.00306. The molecule has 0 radical (unpaired) electrons. The number of halogens is 1. The summed E-state index contributed by atoms with van der Waals surface area (Å²) in [6.45, 7) is 5.34. The molecule has 0 saturated heterocycles. The fourth-order valence-electron chi connectivity index (χ4n) is 4.29. The van der Waals surface area contributed by atoms with Gasteiger partial charge >= 0.3 is 0 Å². The fraction of sp³-hybridized carbons (Fsp3) is 0.355. The van der Waals surface area contributed by atoms with Gasteiger partial charge in [-0.2, -0.15) is 0 Å². The SMILES string of the molecule is CCc1ccc(N(CC(=O)N(Cc2ccc(F)cc2)[C@H](Cc2ccccc2)C(=O)N[C@H](C)CC)S(C)(=O)=O)cc1. The first-order chi connectivity index (χ1) is 19.0. The first kappa shape index (κ1) is 30.8.